The molecule has 0 fully saturated rings. The van der Waals surface area contributed by atoms with E-state index in [9.17, 15) is 25.2 Å². The fourth-order valence-corrected chi connectivity index (χ4v) is 8.99. The van der Waals surface area contributed by atoms with E-state index < -0.39 is 36.9 Å². The van der Waals surface area contributed by atoms with Crippen molar-refractivity contribution in [3.63, 3.8) is 0 Å². The maximum absolute atomic E-state index is 12.6. The number of allylic oxidation sites excluding steroid dienone is 8. The zero-order valence-electron chi connectivity index (χ0n) is 43.9. The lowest BCUT2D eigenvalue weighted by molar-refractivity contribution is -0.132. The Labute approximate surface area is 410 Å². The van der Waals surface area contributed by atoms with Gasteiger partial charge in [0, 0.05) is 0 Å². The molecule has 0 aromatic heterocycles. The van der Waals surface area contributed by atoms with Crippen LogP contribution in [-0.4, -0.2) is 57.3 Å². The summed E-state index contributed by atoms with van der Waals surface area (Å²) >= 11 is 0. The molecule has 4 atom stereocenters. The van der Waals surface area contributed by atoms with E-state index in [0.717, 1.165) is 51.4 Å². The predicted octanol–water partition coefficient (Wildman–Crippen LogP) is 17.0. The summed E-state index contributed by atoms with van der Waals surface area (Å²) in [7, 11) is 0. The monoisotopic (exact) mass is 928 g/mol. The summed E-state index contributed by atoms with van der Waals surface area (Å²) in [4.78, 5) is 12.6. The Hall–Kier alpha value is -1.73. The van der Waals surface area contributed by atoms with Gasteiger partial charge in [0.25, 0.3) is 0 Å². The first kappa shape index (κ1) is 64.3. The lowest BCUT2D eigenvalue weighted by Gasteiger charge is -2.27. The lowest BCUT2D eigenvalue weighted by atomic mass is 10.00. The number of rotatable bonds is 53. The molecule has 0 saturated carbocycles. The van der Waals surface area contributed by atoms with Crippen molar-refractivity contribution in [3.05, 3.63) is 48.6 Å². The molecule has 0 aromatic rings. The van der Waals surface area contributed by atoms with Gasteiger partial charge in [-0.1, -0.05) is 268 Å². The average Bonchev–Trinajstić information content (AvgIpc) is 3.32. The van der Waals surface area contributed by atoms with Gasteiger partial charge in [-0.3, -0.25) is 4.79 Å². The number of nitrogens with one attached hydrogen (secondary N) is 1. The number of aliphatic hydroxyl groups is 4. The standard InChI is InChI=1S/C60H113NO5/c1-3-5-7-9-11-13-15-17-19-21-23-25-26-27-28-29-30-31-32-33-34-36-37-39-41-43-45-47-49-51-53-57(63)59(65)56(55-62)61-60(66)58(64)54-52-50-48-46-44-42-40-38-35-24-22-20-18-16-14-12-10-8-6-4-2/h6,8,12,14,37,39,45,47,56-59,62-65H,3-5,7,9-11,13,15-36,38,40-44,46,48-55H2,1-2H3,(H,61,66)/b8-6-,14-12-,39-37+,47-45+. The molecule has 0 saturated heterocycles. The third kappa shape index (κ3) is 47.3. The minimum absolute atomic E-state index is 0.358. The second kappa shape index (κ2) is 54.2. The van der Waals surface area contributed by atoms with Gasteiger partial charge in [-0.05, 0) is 77.0 Å². The number of amides is 1. The van der Waals surface area contributed by atoms with Crippen molar-refractivity contribution in [3.8, 4) is 0 Å². The van der Waals surface area contributed by atoms with Gasteiger partial charge in [-0.15, -0.1) is 0 Å². The van der Waals surface area contributed by atoms with Crippen LogP contribution in [-0.2, 0) is 4.79 Å². The molecule has 6 heteroatoms. The van der Waals surface area contributed by atoms with E-state index in [0.29, 0.717) is 19.3 Å². The van der Waals surface area contributed by atoms with Crippen molar-refractivity contribution >= 4 is 5.91 Å². The normalized spacial score (nSPS) is 14.1. The molecular formula is C60H113NO5. The Morgan fingerprint density at radius 3 is 1.12 bits per heavy atom. The minimum atomic E-state index is -1.29. The van der Waals surface area contributed by atoms with Crippen LogP contribution < -0.4 is 5.32 Å². The molecule has 0 heterocycles. The average molecular weight is 929 g/mol. The van der Waals surface area contributed by atoms with Crippen LogP contribution in [0.4, 0.5) is 0 Å². The van der Waals surface area contributed by atoms with Crippen LogP contribution >= 0.6 is 0 Å². The molecule has 66 heavy (non-hydrogen) atoms. The van der Waals surface area contributed by atoms with E-state index in [-0.39, 0.29) is 0 Å². The van der Waals surface area contributed by atoms with Crippen LogP contribution in [0.5, 0.6) is 0 Å². The van der Waals surface area contributed by atoms with Gasteiger partial charge >= 0.3 is 0 Å². The molecule has 1 amide bonds. The van der Waals surface area contributed by atoms with E-state index in [2.05, 4.69) is 67.8 Å². The van der Waals surface area contributed by atoms with Crippen molar-refractivity contribution < 1.29 is 25.2 Å². The van der Waals surface area contributed by atoms with Crippen LogP contribution in [0.2, 0.25) is 0 Å². The second-order valence-corrected chi connectivity index (χ2v) is 19.9. The molecule has 0 bridgehead atoms. The maximum Gasteiger partial charge on any atom is 0.249 e. The van der Waals surface area contributed by atoms with Gasteiger partial charge in [0.1, 0.15) is 12.2 Å². The van der Waals surface area contributed by atoms with Crippen LogP contribution in [0.25, 0.3) is 0 Å². The Balaban J connectivity index is 3.66. The first-order valence-electron chi connectivity index (χ1n) is 29.0. The van der Waals surface area contributed by atoms with Gasteiger partial charge in [0.15, 0.2) is 0 Å². The van der Waals surface area contributed by atoms with Crippen molar-refractivity contribution in [2.45, 2.75) is 321 Å². The highest BCUT2D eigenvalue weighted by atomic mass is 16.3. The molecular weight excluding hydrogens is 815 g/mol. The predicted molar refractivity (Wildman–Crippen MR) is 288 cm³/mol. The summed E-state index contributed by atoms with van der Waals surface area (Å²) < 4.78 is 0. The zero-order valence-corrected chi connectivity index (χ0v) is 43.9. The Bertz CT molecular complexity index is 1090. The molecule has 0 aromatic carbocycles. The highest BCUT2D eigenvalue weighted by molar-refractivity contribution is 5.80. The van der Waals surface area contributed by atoms with E-state index >= 15 is 0 Å². The molecule has 0 rings (SSSR count). The third-order valence-corrected chi connectivity index (χ3v) is 13.5. The number of carbonyl (C=O) groups is 1. The summed E-state index contributed by atoms with van der Waals surface area (Å²) in [6.45, 7) is 3.97. The number of hydrogen-bond donors (Lipinski definition) is 5. The summed E-state index contributed by atoms with van der Waals surface area (Å²) in [5.74, 6) is -0.597. The van der Waals surface area contributed by atoms with Crippen molar-refractivity contribution in [1.82, 2.24) is 5.32 Å². The summed E-state index contributed by atoms with van der Waals surface area (Å²) in [5.41, 5.74) is 0. The molecule has 0 spiro atoms. The molecule has 6 nitrogen and oxygen atoms in total. The molecule has 388 valence electrons. The van der Waals surface area contributed by atoms with E-state index in [1.54, 1.807) is 0 Å². The topological polar surface area (TPSA) is 110 Å². The molecule has 0 radical (unpaired) electrons. The summed E-state index contributed by atoms with van der Waals surface area (Å²) in [5, 5.41) is 44.0. The van der Waals surface area contributed by atoms with Gasteiger partial charge in [0.05, 0.1) is 18.8 Å². The highest BCUT2D eigenvalue weighted by Gasteiger charge is 2.28. The SMILES string of the molecule is CC/C=C\C/C=C\CCCCCCCCCCCCCCCC(O)C(=O)NC(CO)C(O)C(O)CCC/C=C/CC/C=C/CCCCCCCCCCCCCCCCCCCCCCC. The van der Waals surface area contributed by atoms with Crippen LogP contribution in [0.3, 0.4) is 0 Å². The molecule has 0 aliphatic carbocycles. The fraction of sp³-hybridized carbons (Fsp3) is 0.850. The Morgan fingerprint density at radius 1 is 0.394 bits per heavy atom. The summed E-state index contributed by atoms with van der Waals surface area (Å²) in [6, 6.07) is -1.01. The third-order valence-electron chi connectivity index (χ3n) is 13.5. The lowest BCUT2D eigenvalue weighted by Crippen LogP contribution is -2.53. The number of unbranched alkanes of at least 4 members (excludes halogenated alkanes) is 36. The van der Waals surface area contributed by atoms with Crippen LogP contribution in [0, 0.1) is 0 Å². The smallest absolute Gasteiger partial charge is 0.249 e. The van der Waals surface area contributed by atoms with E-state index in [1.165, 1.54) is 212 Å². The van der Waals surface area contributed by atoms with Crippen LogP contribution in [0.1, 0.15) is 296 Å². The van der Waals surface area contributed by atoms with Crippen molar-refractivity contribution in [1.29, 1.82) is 0 Å². The fourth-order valence-electron chi connectivity index (χ4n) is 8.99. The molecule has 4 unspecified atom stereocenters. The van der Waals surface area contributed by atoms with Gasteiger partial charge in [0.2, 0.25) is 5.91 Å². The van der Waals surface area contributed by atoms with Crippen LogP contribution in [0.15, 0.2) is 48.6 Å². The van der Waals surface area contributed by atoms with Crippen molar-refractivity contribution in [2.75, 3.05) is 6.61 Å². The highest BCUT2D eigenvalue weighted by Crippen LogP contribution is 2.17. The number of carbonyl (C=O) groups excluding carboxylic acids is 1. The van der Waals surface area contributed by atoms with E-state index in [4.69, 9.17) is 0 Å². The Kier molecular flexibility index (Phi) is 52.8. The first-order valence-corrected chi connectivity index (χ1v) is 29.0. The largest absolute Gasteiger partial charge is 0.394 e. The molecule has 0 aliphatic rings. The van der Waals surface area contributed by atoms with E-state index in [1.807, 2.05) is 0 Å². The zero-order chi connectivity index (χ0) is 48.1. The van der Waals surface area contributed by atoms with Gasteiger partial charge in [-0.2, -0.15) is 0 Å². The number of hydrogen-bond acceptors (Lipinski definition) is 5. The molecule has 5 N–H and O–H groups in total. The quantitative estimate of drug-likeness (QED) is 0.0308. The summed E-state index contributed by atoms with van der Waals surface area (Å²) in [6.07, 6.45) is 69.1. The second-order valence-electron chi connectivity index (χ2n) is 19.9. The molecule has 0 aliphatic heterocycles. The van der Waals surface area contributed by atoms with Gasteiger partial charge < -0.3 is 25.7 Å². The minimum Gasteiger partial charge on any atom is -0.394 e. The first-order chi connectivity index (χ1) is 32.5. The van der Waals surface area contributed by atoms with Gasteiger partial charge in [-0.25, -0.2) is 0 Å². The Morgan fingerprint density at radius 2 is 0.727 bits per heavy atom. The van der Waals surface area contributed by atoms with Crippen molar-refractivity contribution in [2.24, 2.45) is 0 Å². The number of aliphatic hydroxyl groups excluding tert-OH is 4. The maximum atomic E-state index is 12.6.